The molecule has 0 bridgehead atoms. The summed E-state index contributed by atoms with van der Waals surface area (Å²) < 4.78 is 5.23. The predicted molar refractivity (Wildman–Crippen MR) is 99.8 cm³/mol. The van der Waals surface area contributed by atoms with Gasteiger partial charge in [0.15, 0.2) is 0 Å². The topological polar surface area (TPSA) is 105 Å². The number of aliphatic carboxylic acids is 1. The molecule has 3 N–H and O–H groups in total. The lowest BCUT2D eigenvalue weighted by Crippen LogP contribution is -2.44. The van der Waals surface area contributed by atoms with Gasteiger partial charge in [-0.25, -0.2) is 9.59 Å². The van der Waals surface area contributed by atoms with E-state index in [4.69, 9.17) is 4.74 Å². The van der Waals surface area contributed by atoms with E-state index in [1.165, 1.54) is 0 Å². The molecule has 0 spiro atoms. The molecule has 7 nitrogen and oxygen atoms in total. The number of rotatable bonds is 10. The van der Waals surface area contributed by atoms with Crippen molar-refractivity contribution >= 4 is 18.0 Å². The van der Waals surface area contributed by atoms with Crippen molar-refractivity contribution < 1.29 is 24.2 Å². The van der Waals surface area contributed by atoms with Crippen LogP contribution in [0, 0.1) is 29.6 Å². The van der Waals surface area contributed by atoms with Gasteiger partial charge in [0.2, 0.25) is 5.91 Å². The zero-order chi connectivity index (χ0) is 19.6. The van der Waals surface area contributed by atoms with E-state index in [0.29, 0.717) is 24.3 Å². The van der Waals surface area contributed by atoms with Crippen molar-refractivity contribution in [2.75, 3.05) is 13.2 Å². The van der Waals surface area contributed by atoms with Crippen LogP contribution in [-0.2, 0) is 14.3 Å². The number of carbonyl (C=O) groups is 3. The molecule has 2 amide bonds. The molecule has 0 radical (unpaired) electrons. The van der Waals surface area contributed by atoms with Gasteiger partial charge < -0.3 is 20.5 Å². The summed E-state index contributed by atoms with van der Waals surface area (Å²) in [5, 5.41) is 14.2. The molecule has 0 aliphatic heterocycles. The smallest absolute Gasteiger partial charge is 0.407 e. The quantitative estimate of drug-likeness (QED) is 0.400. The lowest BCUT2D eigenvalue weighted by molar-refractivity contribution is -0.141. The lowest BCUT2D eigenvalue weighted by Gasteiger charge is -2.14. The van der Waals surface area contributed by atoms with E-state index in [0.717, 1.165) is 44.9 Å². The fraction of sp³-hybridized carbons (Fsp3) is 0.750. The average molecular weight is 378 g/mol. The van der Waals surface area contributed by atoms with Crippen molar-refractivity contribution in [3.8, 4) is 11.8 Å². The van der Waals surface area contributed by atoms with Gasteiger partial charge in [-0.05, 0) is 37.0 Å². The number of hydrogen-bond acceptors (Lipinski definition) is 4. The lowest BCUT2D eigenvalue weighted by atomic mass is 10.1. The molecule has 0 aromatic heterocycles. The van der Waals surface area contributed by atoms with Crippen LogP contribution in [0.3, 0.4) is 0 Å². The first-order valence-electron chi connectivity index (χ1n) is 9.91. The largest absolute Gasteiger partial charge is 0.480 e. The fourth-order valence-corrected chi connectivity index (χ4v) is 3.70. The summed E-state index contributed by atoms with van der Waals surface area (Å²) >= 11 is 0. The van der Waals surface area contributed by atoms with Crippen LogP contribution in [0.1, 0.15) is 58.3 Å². The van der Waals surface area contributed by atoms with Gasteiger partial charge in [-0.15, -0.1) is 11.8 Å². The maximum absolute atomic E-state index is 12.0. The molecule has 0 saturated heterocycles. The maximum Gasteiger partial charge on any atom is 0.407 e. The summed E-state index contributed by atoms with van der Waals surface area (Å²) in [5.74, 6) is 6.07. The van der Waals surface area contributed by atoms with Gasteiger partial charge in [-0.2, -0.15) is 0 Å². The van der Waals surface area contributed by atoms with Crippen molar-refractivity contribution in [1.29, 1.82) is 0 Å². The zero-order valence-electron chi connectivity index (χ0n) is 16.0. The van der Waals surface area contributed by atoms with Crippen molar-refractivity contribution in [2.24, 2.45) is 17.8 Å². The van der Waals surface area contributed by atoms with Gasteiger partial charge >= 0.3 is 12.1 Å². The maximum atomic E-state index is 12.0. The second-order valence-corrected chi connectivity index (χ2v) is 7.32. The summed E-state index contributed by atoms with van der Waals surface area (Å²) in [6.07, 6.45) is 5.64. The molecule has 1 saturated carbocycles. The summed E-state index contributed by atoms with van der Waals surface area (Å²) in [6.45, 7) is 2.86. The Kier molecular flexibility index (Phi) is 8.43. The Morgan fingerprint density at radius 2 is 1.81 bits per heavy atom. The second kappa shape index (κ2) is 10.8. The first kappa shape index (κ1) is 21.1. The van der Waals surface area contributed by atoms with Crippen molar-refractivity contribution in [3.63, 3.8) is 0 Å². The molecular formula is C20H30N2O5. The first-order chi connectivity index (χ1) is 13.0. The average Bonchev–Trinajstić information content (AvgIpc) is 3.25. The Bertz CT molecular complexity index is 577. The monoisotopic (exact) mass is 378 g/mol. The van der Waals surface area contributed by atoms with Gasteiger partial charge in [0, 0.05) is 19.4 Å². The molecule has 0 heterocycles. The second-order valence-electron chi connectivity index (χ2n) is 7.32. The first-order valence-corrected chi connectivity index (χ1v) is 9.91. The summed E-state index contributed by atoms with van der Waals surface area (Å²) in [7, 11) is 0. The molecular weight excluding hydrogens is 348 g/mol. The minimum absolute atomic E-state index is 0.288. The summed E-state index contributed by atoms with van der Waals surface area (Å²) in [4.78, 5) is 35.1. The number of fused-ring (bicyclic) bond motifs is 1. The van der Waals surface area contributed by atoms with Gasteiger partial charge in [0.25, 0.3) is 0 Å². The number of alkyl carbamates (subject to hydrolysis) is 1. The number of carbonyl (C=O) groups excluding carboxylic acids is 2. The highest BCUT2D eigenvalue weighted by molar-refractivity contribution is 5.87. The minimum Gasteiger partial charge on any atom is -0.480 e. The van der Waals surface area contributed by atoms with Crippen LogP contribution < -0.4 is 10.6 Å². The van der Waals surface area contributed by atoms with Gasteiger partial charge in [0.1, 0.15) is 6.04 Å². The number of hydrogen-bond donors (Lipinski definition) is 3. The number of amides is 2. The van der Waals surface area contributed by atoms with Crippen LogP contribution in [0.4, 0.5) is 4.79 Å². The Balaban J connectivity index is 1.68. The molecule has 2 rings (SSSR count). The van der Waals surface area contributed by atoms with E-state index in [2.05, 4.69) is 29.4 Å². The number of ether oxygens (including phenoxy) is 1. The normalized spacial score (nSPS) is 24.1. The number of nitrogens with one attached hydrogen (secondary N) is 2. The highest BCUT2D eigenvalue weighted by atomic mass is 16.5. The fourth-order valence-electron chi connectivity index (χ4n) is 3.70. The molecule has 0 aromatic carbocycles. The van der Waals surface area contributed by atoms with Crippen LogP contribution in [0.15, 0.2) is 0 Å². The molecule has 1 fully saturated rings. The van der Waals surface area contributed by atoms with Gasteiger partial charge in [-0.1, -0.05) is 19.8 Å². The zero-order valence-corrected chi connectivity index (χ0v) is 16.0. The van der Waals surface area contributed by atoms with Crippen LogP contribution >= 0.6 is 0 Å². The Hall–Kier alpha value is -2.23. The molecule has 7 heteroatoms. The standard InChI is InChI=1S/C20H30N2O5/c1-2-3-8-11-21-18(23)12-17(19(24)25)22-20(26)27-13-16-14-9-6-4-5-7-10-15(14)16/h14-17H,2-3,6-13H2,1H3,(H,21,23)(H,22,26)(H,24,25)/t14?,15?,16?,17-/m0/s1. The van der Waals surface area contributed by atoms with E-state index in [9.17, 15) is 19.5 Å². The van der Waals surface area contributed by atoms with Gasteiger partial charge in [0.05, 0.1) is 13.0 Å². The summed E-state index contributed by atoms with van der Waals surface area (Å²) in [6, 6.07) is -1.29. The Morgan fingerprint density at radius 1 is 1.15 bits per heavy atom. The Labute approximate surface area is 160 Å². The summed E-state index contributed by atoms with van der Waals surface area (Å²) in [5.41, 5.74) is 0. The Morgan fingerprint density at radius 3 is 2.41 bits per heavy atom. The van der Waals surface area contributed by atoms with E-state index in [1.807, 2.05) is 0 Å². The third-order valence-electron chi connectivity index (χ3n) is 5.33. The minimum atomic E-state index is -1.29. The van der Waals surface area contributed by atoms with Gasteiger partial charge in [-0.3, -0.25) is 4.79 Å². The van der Waals surface area contributed by atoms with Crippen LogP contribution in [0.25, 0.3) is 0 Å². The third-order valence-corrected chi connectivity index (χ3v) is 5.33. The molecule has 2 aliphatic carbocycles. The van der Waals surface area contributed by atoms with E-state index >= 15 is 0 Å². The highest BCUT2D eigenvalue weighted by Gasteiger charge is 2.49. The van der Waals surface area contributed by atoms with E-state index < -0.39 is 18.1 Å². The highest BCUT2D eigenvalue weighted by Crippen LogP contribution is 2.52. The van der Waals surface area contributed by atoms with E-state index in [-0.39, 0.29) is 18.9 Å². The van der Waals surface area contributed by atoms with Crippen LogP contribution in [0.5, 0.6) is 0 Å². The van der Waals surface area contributed by atoms with Crippen molar-refractivity contribution in [1.82, 2.24) is 10.6 Å². The number of carboxylic acids is 1. The van der Waals surface area contributed by atoms with Crippen LogP contribution in [-0.4, -0.2) is 42.3 Å². The van der Waals surface area contributed by atoms with Crippen molar-refractivity contribution in [3.05, 3.63) is 0 Å². The SMILES string of the molecule is CCCCCNC(=O)C[C@H](NC(=O)OCC1C2CCC#CCCC21)C(=O)O. The number of carboxylic acid groups (broad SMARTS) is 1. The molecule has 2 aliphatic rings. The molecule has 2 unspecified atom stereocenters. The third kappa shape index (κ3) is 7.12. The predicted octanol–water partition coefficient (Wildman–Crippen LogP) is 2.30. The number of unbranched alkanes of at least 4 members (excludes halogenated alkanes) is 2. The molecule has 150 valence electrons. The van der Waals surface area contributed by atoms with E-state index in [1.54, 1.807) is 0 Å². The molecule has 3 atom stereocenters. The molecule has 0 aromatic rings. The van der Waals surface area contributed by atoms with Crippen molar-refractivity contribution in [2.45, 2.75) is 64.3 Å². The molecule has 27 heavy (non-hydrogen) atoms. The van der Waals surface area contributed by atoms with Crippen LogP contribution in [0.2, 0.25) is 0 Å².